The molecule has 0 unspecified atom stereocenters. The van der Waals surface area contributed by atoms with Crippen molar-refractivity contribution in [3.05, 3.63) is 12.2 Å². The number of hydrogen-bond donors (Lipinski definition) is 1. The molecule has 0 aromatic rings. The van der Waals surface area contributed by atoms with Gasteiger partial charge in [-0.3, -0.25) is 9.59 Å². The van der Waals surface area contributed by atoms with E-state index in [1.807, 2.05) is 0 Å². The monoisotopic (exact) mass is 693 g/mol. The van der Waals surface area contributed by atoms with Gasteiger partial charge in [-0.05, 0) is 32.1 Å². The van der Waals surface area contributed by atoms with Crippen LogP contribution in [-0.2, 0) is 19.1 Å². The predicted octanol–water partition coefficient (Wildman–Crippen LogP) is 13.7. The molecular formula is C44H84O5. The van der Waals surface area contributed by atoms with Gasteiger partial charge in [0.1, 0.15) is 6.61 Å². The summed E-state index contributed by atoms with van der Waals surface area (Å²) in [6.07, 6.45) is 47.3. The molecule has 0 spiro atoms. The van der Waals surface area contributed by atoms with Crippen LogP contribution in [0.25, 0.3) is 0 Å². The number of aliphatic hydroxyl groups excluding tert-OH is 1. The highest BCUT2D eigenvalue weighted by Crippen LogP contribution is 2.16. The van der Waals surface area contributed by atoms with Crippen molar-refractivity contribution in [2.75, 3.05) is 13.2 Å². The van der Waals surface area contributed by atoms with Crippen molar-refractivity contribution >= 4 is 11.9 Å². The molecule has 49 heavy (non-hydrogen) atoms. The zero-order valence-corrected chi connectivity index (χ0v) is 33.0. The van der Waals surface area contributed by atoms with Crippen LogP contribution in [0.15, 0.2) is 12.2 Å². The van der Waals surface area contributed by atoms with Gasteiger partial charge in [0.15, 0.2) is 6.10 Å². The maximum absolute atomic E-state index is 12.2. The fourth-order valence-electron chi connectivity index (χ4n) is 6.50. The number of carbonyl (C=O) groups is 2. The highest BCUT2D eigenvalue weighted by atomic mass is 16.6. The minimum Gasteiger partial charge on any atom is -0.462 e. The molecule has 1 atom stereocenters. The minimum atomic E-state index is -0.779. The number of allylic oxidation sites excluding steroid dienone is 2. The first-order chi connectivity index (χ1) is 24.1. The zero-order chi connectivity index (χ0) is 35.7. The van der Waals surface area contributed by atoms with Crippen molar-refractivity contribution < 1.29 is 24.2 Å². The number of carbonyl (C=O) groups excluding carboxylic acids is 2. The fraction of sp³-hybridized carbons (Fsp3) is 0.909. The molecule has 0 bridgehead atoms. The second kappa shape index (κ2) is 41.1. The summed E-state index contributed by atoms with van der Waals surface area (Å²) >= 11 is 0. The van der Waals surface area contributed by atoms with Gasteiger partial charge in [0.25, 0.3) is 0 Å². The van der Waals surface area contributed by atoms with Gasteiger partial charge in [0.05, 0.1) is 6.61 Å². The lowest BCUT2D eigenvalue weighted by Crippen LogP contribution is -2.28. The molecule has 0 aromatic carbocycles. The van der Waals surface area contributed by atoms with E-state index in [0.29, 0.717) is 12.8 Å². The van der Waals surface area contributed by atoms with Crippen molar-refractivity contribution in [2.45, 2.75) is 245 Å². The molecule has 0 heterocycles. The number of hydrogen-bond acceptors (Lipinski definition) is 5. The van der Waals surface area contributed by atoms with Gasteiger partial charge < -0.3 is 14.6 Å². The van der Waals surface area contributed by atoms with Gasteiger partial charge in [-0.15, -0.1) is 0 Å². The maximum atomic E-state index is 12.2. The molecule has 0 aliphatic carbocycles. The zero-order valence-electron chi connectivity index (χ0n) is 33.0. The first-order valence-corrected chi connectivity index (χ1v) is 21.7. The average molecular weight is 693 g/mol. The molecule has 0 amide bonds. The number of ether oxygens (including phenoxy) is 2. The van der Waals surface area contributed by atoms with E-state index < -0.39 is 6.10 Å². The Kier molecular flexibility index (Phi) is 39.9. The third-order valence-electron chi connectivity index (χ3n) is 9.81. The smallest absolute Gasteiger partial charge is 0.306 e. The van der Waals surface area contributed by atoms with Crippen LogP contribution in [0.2, 0.25) is 0 Å². The minimum absolute atomic E-state index is 0.0708. The van der Waals surface area contributed by atoms with E-state index >= 15 is 0 Å². The summed E-state index contributed by atoms with van der Waals surface area (Å²) in [5.41, 5.74) is 0. The Hall–Kier alpha value is -1.36. The molecule has 0 saturated heterocycles. The van der Waals surface area contributed by atoms with Crippen LogP contribution in [0.3, 0.4) is 0 Å². The average Bonchev–Trinajstić information content (AvgIpc) is 3.10. The Morgan fingerprint density at radius 2 is 0.776 bits per heavy atom. The van der Waals surface area contributed by atoms with Gasteiger partial charge in [0, 0.05) is 12.8 Å². The van der Waals surface area contributed by atoms with Crippen molar-refractivity contribution in [3.8, 4) is 0 Å². The summed E-state index contributed by atoms with van der Waals surface area (Å²) in [4.78, 5) is 24.2. The quantitative estimate of drug-likeness (QED) is 0.0393. The van der Waals surface area contributed by atoms with E-state index in [2.05, 4.69) is 26.0 Å². The summed E-state index contributed by atoms with van der Waals surface area (Å²) in [5, 5.41) is 9.55. The van der Waals surface area contributed by atoms with Gasteiger partial charge >= 0.3 is 11.9 Å². The molecular weight excluding hydrogens is 608 g/mol. The molecule has 290 valence electrons. The fourth-order valence-corrected chi connectivity index (χ4v) is 6.50. The summed E-state index contributed by atoms with van der Waals surface area (Å²) in [5.74, 6) is -0.616. The summed E-state index contributed by atoms with van der Waals surface area (Å²) < 4.78 is 10.6. The van der Waals surface area contributed by atoms with Gasteiger partial charge in [-0.25, -0.2) is 0 Å². The Morgan fingerprint density at radius 1 is 0.449 bits per heavy atom. The standard InChI is InChI=1S/C44H84O5/c1-3-5-7-9-11-13-15-17-18-19-20-21-22-23-24-25-26-27-29-31-33-35-37-39-44(47)49-42(40-45)41-48-43(46)38-36-34-32-30-28-16-14-12-10-8-6-4-2/h31,33,42,45H,3-30,32,34-41H2,1-2H3/b33-31+/t42-/m0/s1. The van der Waals surface area contributed by atoms with E-state index in [0.717, 1.165) is 38.5 Å². The van der Waals surface area contributed by atoms with E-state index in [-0.39, 0.29) is 25.2 Å². The number of rotatable bonds is 40. The molecule has 0 radical (unpaired) electrons. The van der Waals surface area contributed by atoms with E-state index in [4.69, 9.17) is 9.47 Å². The maximum Gasteiger partial charge on any atom is 0.306 e. The van der Waals surface area contributed by atoms with Gasteiger partial charge in [-0.1, -0.05) is 206 Å². The van der Waals surface area contributed by atoms with Gasteiger partial charge in [-0.2, -0.15) is 0 Å². The van der Waals surface area contributed by atoms with E-state index in [9.17, 15) is 14.7 Å². The molecule has 5 nitrogen and oxygen atoms in total. The molecule has 0 aliphatic rings. The Morgan fingerprint density at radius 3 is 1.16 bits per heavy atom. The SMILES string of the molecule is CCCCCCCCCCCCCCCCCCCC/C=C/CCCC(=O)O[C@@H](CO)COC(=O)CCCCCCCCCCCCCC. The molecule has 1 N–H and O–H groups in total. The van der Waals surface area contributed by atoms with Crippen LogP contribution >= 0.6 is 0 Å². The van der Waals surface area contributed by atoms with E-state index in [1.54, 1.807) is 0 Å². The highest BCUT2D eigenvalue weighted by Gasteiger charge is 2.16. The lowest BCUT2D eigenvalue weighted by molar-refractivity contribution is -0.161. The van der Waals surface area contributed by atoms with Crippen molar-refractivity contribution in [2.24, 2.45) is 0 Å². The second-order valence-electron chi connectivity index (χ2n) is 14.8. The van der Waals surface area contributed by atoms with Crippen molar-refractivity contribution in [1.29, 1.82) is 0 Å². The van der Waals surface area contributed by atoms with Gasteiger partial charge in [0.2, 0.25) is 0 Å². The number of unbranched alkanes of at least 4 members (excludes halogenated alkanes) is 30. The summed E-state index contributed by atoms with van der Waals surface area (Å²) in [6, 6.07) is 0. The topological polar surface area (TPSA) is 72.8 Å². The highest BCUT2D eigenvalue weighted by molar-refractivity contribution is 5.70. The lowest BCUT2D eigenvalue weighted by Gasteiger charge is -2.15. The number of aliphatic hydroxyl groups is 1. The van der Waals surface area contributed by atoms with Crippen LogP contribution in [0.4, 0.5) is 0 Å². The molecule has 0 saturated carbocycles. The predicted molar refractivity (Wildman–Crippen MR) is 210 cm³/mol. The molecule has 0 aliphatic heterocycles. The molecule has 0 fully saturated rings. The second-order valence-corrected chi connectivity index (χ2v) is 14.8. The first-order valence-electron chi connectivity index (χ1n) is 21.7. The summed E-state index contributed by atoms with van der Waals surface area (Å²) in [7, 11) is 0. The van der Waals surface area contributed by atoms with Crippen LogP contribution in [-0.4, -0.2) is 36.4 Å². The van der Waals surface area contributed by atoms with E-state index in [1.165, 1.54) is 173 Å². The molecule has 5 heteroatoms. The Bertz CT molecular complexity index is 705. The largest absolute Gasteiger partial charge is 0.462 e. The van der Waals surface area contributed by atoms with Crippen molar-refractivity contribution in [1.82, 2.24) is 0 Å². The first kappa shape index (κ1) is 47.6. The summed E-state index contributed by atoms with van der Waals surface area (Å²) in [6.45, 7) is 4.14. The normalized spacial score (nSPS) is 12.1. The third kappa shape index (κ3) is 39.3. The molecule has 0 aromatic heterocycles. The van der Waals surface area contributed by atoms with Crippen LogP contribution in [0, 0.1) is 0 Å². The Labute approximate surface area is 305 Å². The Balaban J connectivity index is 3.49. The third-order valence-corrected chi connectivity index (χ3v) is 9.81. The van der Waals surface area contributed by atoms with Crippen LogP contribution < -0.4 is 0 Å². The lowest BCUT2D eigenvalue weighted by atomic mass is 10.0. The van der Waals surface area contributed by atoms with Crippen LogP contribution in [0.5, 0.6) is 0 Å². The van der Waals surface area contributed by atoms with Crippen LogP contribution in [0.1, 0.15) is 239 Å². The number of esters is 2. The molecule has 0 rings (SSSR count). The van der Waals surface area contributed by atoms with Crippen molar-refractivity contribution in [3.63, 3.8) is 0 Å².